The van der Waals surface area contributed by atoms with Crippen LogP contribution in [-0.4, -0.2) is 16.5 Å². The molecule has 3 heteroatoms. The molecule has 0 bridgehead atoms. The molecular weight excluding hydrogens is 214 g/mol. The fourth-order valence-corrected chi connectivity index (χ4v) is 2.19. The van der Waals surface area contributed by atoms with E-state index in [1.54, 1.807) is 0 Å². The number of carbonyl (C=O) groups excluding carboxylic acids is 1. The zero-order chi connectivity index (χ0) is 11.8. The second kappa shape index (κ2) is 3.77. The quantitative estimate of drug-likeness (QED) is 0.750. The number of ether oxygens (including phenoxy) is 1. The minimum Gasteiger partial charge on any atom is -0.480 e. The molecule has 0 fully saturated rings. The molecule has 0 spiro atoms. The third-order valence-corrected chi connectivity index (χ3v) is 3.06. The minimum absolute atomic E-state index is 0.0497. The first-order valence-corrected chi connectivity index (χ1v) is 5.79. The van der Waals surface area contributed by atoms with Crippen LogP contribution in [0.5, 0.6) is 5.75 Å². The number of hydrogen-bond donors (Lipinski definition) is 0. The summed E-state index contributed by atoms with van der Waals surface area (Å²) in [5, 5.41) is 0. The largest absolute Gasteiger partial charge is 0.480 e. The topological polar surface area (TPSA) is 31.2 Å². The molecule has 0 radical (unpaired) electrons. The Hall–Kier alpha value is -2.03. The molecule has 1 aromatic carbocycles. The van der Waals surface area contributed by atoms with Crippen LogP contribution < -0.4 is 4.74 Å². The van der Waals surface area contributed by atoms with Gasteiger partial charge in [0.15, 0.2) is 6.10 Å². The van der Waals surface area contributed by atoms with Crippen molar-refractivity contribution in [2.24, 2.45) is 0 Å². The Labute approximate surface area is 99.6 Å². The summed E-state index contributed by atoms with van der Waals surface area (Å²) in [5.74, 6) is 0.816. The van der Waals surface area contributed by atoms with E-state index in [0.717, 1.165) is 11.4 Å². The summed E-state index contributed by atoms with van der Waals surface area (Å²) in [6.45, 7) is 1.96. The van der Waals surface area contributed by atoms with Crippen LogP contribution in [0.4, 0.5) is 0 Å². The Kier molecular flexibility index (Phi) is 2.25. The number of aromatic nitrogens is 1. The minimum atomic E-state index is -0.382. The molecule has 0 N–H and O–H groups in total. The molecule has 17 heavy (non-hydrogen) atoms. The van der Waals surface area contributed by atoms with Gasteiger partial charge in [-0.05, 0) is 30.7 Å². The molecule has 3 nitrogen and oxygen atoms in total. The van der Waals surface area contributed by atoms with Gasteiger partial charge in [0.2, 0.25) is 5.78 Å². The van der Waals surface area contributed by atoms with Gasteiger partial charge in [-0.1, -0.05) is 19.1 Å². The van der Waals surface area contributed by atoms with E-state index in [1.165, 1.54) is 0 Å². The molecule has 0 saturated carbocycles. The second-order valence-corrected chi connectivity index (χ2v) is 4.11. The van der Waals surface area contributed by atoms with Crippen LogP contribution in [0.25, 0.3) is 5.69 Å². The fourth-order valence-electron chi connectivity index (χ4n) is 2.19. The predicted octanol–water partition coefficient (Wildman–Crippen LogP) is 2.83. The normalized spacial score (nSPS) is 17.9. The number of fused-ring (bicyclic) bond motifs is 3. The lowest BCUT2D eigenvalue weighted by atomic mass is 10.1. The van der Waals surface area contributed by atoms with E-state index >= 15 is 0 Å². The zero-order valence-electron chi connectivity index (χ0n) is 9.59. The highest BCUT2D eigenvalue weighted by Crippen LogP contribution is 2.30. The van der Waals surface area contributed by atoms with Crippen molar-refractivity contribution in [2.75, 3.05) is 0 Å². The van der Waals surface area contributed by atoms with Crippen LogP contribution in [0.1, 0.15) is 23.8 Å². The van der Waals surface area contributed by atoms with E-state index in [1.807, 2.05) is 54.1 Å². The highest BCUT2D eigenvalue weighted by molar-refractivity contribution is 5.99. The molecule has 1 aromatic heterocycles. The molecule has 2 heterocycles. The van der Waals surface area contributed by atoms with Gasteiger partial charge in [0.1, 0.15) is 5.75 Å². The van der Waals surface area contributed by atoms with Crippen LogP contribution in [0, 0.1) is 0 Å². The molecule has 3 rings (SSSR count). The lowest BCUT2D eigenvalue weighted by molar-refractivity contribution is 0.0790. The number of para-hydroxylation sites is 2. The fraction of sp³-hybridized carbons (Fsp3) is 0.214. The van der Waals surface area contributed by atoms with E-state index in [-0.39, 0.29) is 11.9 Å². The average Bonchev–Trinajstić information content (AvgIpc) is 2.80. The summed E-state index contributed by atoms with van der Waals surface area (Å²) in [5.41, 5.74) is 1.62. The monoisotopic (exact) mass is 227 g/mol. The molecule has 0 unspecified atom stereocenters. The van der Waals surface area contributed by atoms with Crippen molar-refractivity contribution in [3.05, 3.63) is 48.3 Å². The Bertz CT molecular complexity index is 571. The summed E-state index contributed by atoms with van der Waals surface area (Å²) in [6.07, 6.45) is 2.19. The molecule has 1 aliphatic rings. The number of nitrogens with zero attached hydrogens (tertiary/aromatic N) is 1. The maximum Gasteiger partial charge on any atom is 0.219 e. The number of hydrogen-bond acceptors (Lipinski definition) is 2. The van der Waals surface area contributed by atoms with Gasteiger partial charge in [-0.15, -0.1) is 0 Å². The van der Waals surface area contributed by atoms with Crippen LogP contribution >= 0.6 is 0 Å². The van der Waals surface area contributed by atoms with Crippen molar-refractivity contribution in [1.29, 1.82) is 0 Å². The van der Waals surface area contributed by atoms with Crippen molar-refractivity contribution >= 4 is 5.78 Å². The van der Waals surface area contributed by atoms with E-state index in [4.69, 9.17) is 4.74 Å². The number of benzene rings is 1. The van der Waals surface area contributed by atoms with Crippen molar-refractivity contribution < 1.29 is 9.53 Å². The SMILES string of the molecule is CC[C@H]1Oc2ccccc2-n2cccc2C1=O. The molecule has 1 atom stereocenters. The maximum absolute atomic E-state index is 12.3. The van der Waals surface area contributed by atoms with Crippen molar-refractivity contribution in [2.45, 2.75) is 19.4 Å². The molecule has 0 aliphatic carbocycles. The maximum atomic E-state index is 12.3. The third-order valence-electron chi connectivity index (χ3n) is 3.06. The third kappa shape index (κ3) is 1.46. The number of ketones is 1. The van der Waals surface area contributed by atoms with Gasteiger partial charge >= 0.3 is 0 Å². The molecule has 86 valence electrons. The summed E-state index contributed by atoms with van der Waals surface area (Å²) >= 11 is 0. The van der Waals surface area contributed by atoms with Gasteiger partial charge in [0, 0.05) is 6.20 Å². The summed E-state index contributed by atoms with van der Waals surface area (Å²) in [7, 11) is 0. The summed E-state index contributed by atoms with van der Waals surface area (Å²) in [6, 6.07) is 11.5. The summed E-state index contributed by atoms with van der Waals surface area (Å²) < 4.78 is 7.68. The first kappa shape index (κ1) is 10.1. The smallest absolute Gasteiger partial charge is 0.219 e. The standard InChI is InChI=1S/C14H13NO2/c1-2-12-14(16)11-7-5-9-15(11)10-6-3-4-8-13(10)17-12/h3-9,12H,2H2,1H3/t12-/m1/s1. The number of Topliss-reactive ketones (excluding diaryl/α,β-unsaturated/α-hetero) is 1. The van der Waals surface area contributed by atoms with Crippen LogP contribution in [0.15, 0.2) is 42.6 Å². The number of carbonyl (C=O) groups is 1. The van der Waals surface area contributed by atoms with Crippen molar-refractivity contribution in [1.82, 2.24) is 4.57 Å². The van der Waals surface area contributed by atoms with Gasteiger partial charge in [-0.25, -0.2) is 0 Å². The van der Waals surface area contributed by atoms with Crippen LogP contribution in [0.3, 0.4) is 0 Å². The first-order chi connectivity index (χ1) is 8.31. The van der Waals surface area contributed by atoms with E-state index in [9.17, 15) is 4.79 Å². The second-order valence-electron chi connectivity index (χ2n) is 4.11. The Morgan fingerprint density at radius 1 is 1.24 bits per heavy atom. The predicted molar refractivity (Wildman–Crippen MR) is 64.8 cm³/mol. The molecule has 1 aliphatic heterocycles. The molecule has 0 saturated heterocycles. The van der Waals surface area contributed by atoms with Gasteiger partial charge in [0.05, 0.1) is 11.4 Å². The van der Waals surface area contributed by atoms with Crippen LogP contribution in [-0.2, 0) is 0 Å². The van der Waals surface area contributed by atoms with Crippen molar-refractivity contribution in [3.63, 3.8) is 0 Å². The lowest BCUT2D eigenvalue weighted by Crippen LogP contribution is -2.25. The van der Waals surface area contributed by atoms with E-state index in [0.29, 0.717) is 12.1 Å². The lowest BCUT2D eigenvalue weighted by Gasteiger charge is -2.13. The highest BCUT2D eigenvalue weighted by Gasteiger charge is 2.27. The first-order valence-electron chi connectivity index (χ1n) is 5.79. The Morgan fingerprint density at radius 2 is 2.06 bits per heavy atom. The molecule has 2 aromatic rings. The Morgan fingerprint density at radius 3 is 2.88 bits per heavy atom. The van der Waals surface area contributed by atoms with Crippen LogP contribution in [0.2, 0.25) is 0 Å². The van der Waals surface area contributed by atoms with E-state index in [2.05, 4.69) is 0 Å². The van der Waals surface area contributed by atoms with Gasteiger partial charge in [0.25, 0.3) is 0 Å². The van der Waals surface area contributed by atoms with Crippen molar-refractivity contribution in [3.8, 4) is 11.4 Å². The summed E-state index contributed by atoms with van der Waals surface area (Å²) in [4.78, 5) is 12.3. The zero-order valence-corrected chi connectivity index (χ0v) is 9.59. The van der Waals surface area contributed by atoms with Gasteiger partial charge in [-0.2, -0.15) is 0 Å². The molecule has 0 amide bonds. The average molecular weight is 227 g/mol. The van der Waals surface area contributed by atoms with Gasteiger partial charge in [-0.3, -0.25) is 4.79 Å². The highest BCUT2D eigenvalue weighted by atomic mass is 16.5. The molecular formula is C14H13NO2. The number of rotatable bonds is 1. The Balaban J connectivity index is 2.25. The van der Waals surface area contributed by atoms with E-state index < -0.39 is 0 Å². The van der Waals surface area contributed by atoms with Gasteiger partial charge < -0.3 is 9.30 Å².